The van der Waals surface area contributed by atoms with E-state index < -0.39 is 10.8 Å². The highest BCUT2D eigenvalue weighted by Gasteiger charge is 2.20. The molecular formula is C14H14N4O3. The zero-order chi connectivity index (χ0) is 15.4. The number of carbonyl (C=O) groups excluding carboxylic acids is 1. The number of nitro groups is 1. The Kier molecular flexibility index (Phi) is 4.13. The number of pyridine rings is 1. The van der Waals surface area contributed by atoms with Gasteiger partial charge in [0.25, 0.3) is 11.6 Å². The molecule has 0 aliphatic heterocycles. The number of para-hydroxylation sites is 1. The summed E-state index contributed by atoms with van der Waals surface area (Å²) in [6, 6.07) is 7.77. The lowest BCUT2D eigenvalue weighted by Gasteiger charge is -2.11. The van der Waals surface area contributed by atoms with Gasteiger partial charge in [-0.05, 0) is 25.1 Å². The third-order valence-corrected chi connectivity index (χ3v) is 2.99. The van der Waals surface area contributed by atoms with Crippen LogP contribution < -0.4 is 10.6 Å². The fourth-order valence-corrected chi connectivity index (χ4v) is 1.95. The number of rotatable bonds is 4. The number of amides is 1. The molecule has 2 N–H and O–H groups in total. The number of hydrogen-bond acceptors (Lipinski definition) is 5. The molecule has 0 unspecified atom stereocenters. The maximum Gasteiger partial charge on any atom is 0.293 e. The molecule has 0 radical (unpaired) electrons. The molecule has 0 fully saturated rings. The molecule has 0 saturated heterocycles. The van der Waals surface area contributed by atoms with Crippen LogP contribution in [0, 0.1) is 17.0 Å². The number of anilines is 2. The highest BCUT2D eigenvalue weighted by atomic mass is 16.6. The van der Waals surface area contributed by atoms with Gasteiger partial charge in [-0.1, -0.05) is 6.07 Å². The summed E-state index contributed by atoms with van der Waals surface area (Å²) in [5.74, 6) is -0.431. The van der Waals surface area contributed by atoms with Gasteiger partial charge in [0.15, 0.2) is 0 Å². The molecule has 2 aromatic rings. The second kappa shape index (κ2) is 6.00. The molecule has 21 heavy (non-hydrogen) atoms. The molecular weight excluding hydrogens is 272 g/mol. The van der Waals surface area contributed by atoms with Gasteiger partial charge in [-0.3, -0.25) is 19.9 Å². The van der Waals surface area contributed by atoms with E-state index in [1.165, 1.54) is 25.2 Å². The Hall–Kier alpha value is -2.96. The second-order valence-corrected chi connectivity index (χ2v) is 4.30. The summed E-state index contributed by atoms with van der Waals surface area (Å²) in [7, 11) is 1.54. The molecule has 0 saturated carbocycles. The van der Waals surface area contributed by atoms with Crippen LogP contribution in [0.15, 0.2) is 36.5 Å². The quantitative estimate of drug-likeness (QED) is 0.665. The maximum atomic E-state index is 12.3. The standard InChI is InChI=1S/C14H14N4O3/c1-9-11(6-4-8-16-9)17-14(19)10-5-3-7-12(18(20)21)13(10)15-2/h3-8,15H,1-2H3,(H,17,19). The first kappa shape index (κ1) is 14.4. The molecule has 108 valence electrons. The third-order valence-electron chi connectivity index (χ3n) is 2.99. The Balaban J connectivity index is 2.38. The van der Waals surface area contributed by atoms with Crippen molar-refractivity contribution in [2.75, 3.05) is 17.7 Å². The van der Waals surface area contributed by atoms with E-state index in [9.17, 15) is 14.9 Å². The molecule has 0 aliphatic carbocycles. The van der Waals surface area contributed by atoms with Crippen LogP contribution in [0.3, 0.4) is 0 Å². The van der Waals surface area contributed by atoms with Crippen LogP contribution in [0.5, 0.6) is 0 Å². The van der Waals surface area contributed by atoms with Crippen LogP contribution in [0.2, 0.25) is 0 Å². The molecule has 1 aromatic heterocycles. The van der Waals surface area contributed by atoms with Crippen molar-refractivity contribution in [1.29, 1.82) is 0 Å². The minimum absolute atomic E-state index is 0.145. The second-order valence-electron chi connectivity index (χ2n) is 4.30. The van der Waals surface area contributed by atoms with Crippen molar-refractivity contribution in [1.82, 2.24) is 4.98 Å². The van der Waals surface area contributed by atoms with Crippen LogP contribution in [0.1, 0.15) is 16.1 Å². The summed E-state index contributed by atoms with van der Waals surface area (Å²) >= 11 is 0. The number of nitrogens with one attached hydrogen (secondary N) is 2. The number of benzene rings is 1. The molecule has 0 spiro atoms. The van der Waals surface area contributed by atoms with Crippen LogP contribution in [0.25, 0.3) is 0 Å². The van der Waals surface area contributed by atoms with E-state index >= 15 is 0 Å². The van der Waals surface area contributed by atoms with Crippen molar-refractivity contribution < 1.29 is 9.72 Å². The van der Waals surface area contributed by atoms with Gasteiger partial charge < -0.3 is 10.6 Å². The first-order chi connectivity index (χ1) is 10.0. The van der Waals surface area contributed by atoms with E-state index in [-0.39, 0.29) is 16.9 Å². The Bertz CT molecular complexity index is 700. The van der Waals surface area contributed by atoms with Gasteiger partial charge in [0, 0.05) is 19.3 Å². The fraction of sp³-hybridized carbons (Fsp3) is 0.143. The minimum atomic E-state index is -0.530. The predicted octanol–water partition coefficient (Wildman–Crippen LogP) is 2.59. The highest BCUT2D eigenvalue weighted by Crippen LogP contribution is 2.28. The topological polar surface area (TPSA) is 97.2 Å². The van der Waals surface area contributed by atoms with Gasteiger partial charge in [-0.15, -0.1) is 0 Å². The lowest BCUT2D eigenvalue weighted by molar-refractivity contribution is -0.384. The molecule has 0 atom stereocenters. The number of hydrogen-bond donors (Lipinski definition) is 2. The normalized spacial score (nSPS) is 10.0. The number of aromatic nitrogens is 1. The first-order valence-corrected chi connectivity index (χ1v) is 6.22. The Morgan fingerprint density at radius 2 is 2.05 bits per heavy atom. The smallest absolute Gasteiger partial charge is 0.293 e. The zero-order valence-corrected chi connectivity index (χ0v) is 11.6. The lowest BCUT2D eigenvalue weighted by atomic mass is 10.1. The lowest BCUT2D eigenvalue weighted by Crippen LogP contribution is -2.15. The molecule has 7 heteroatoms. The van der Waals surface area contributed by atoms with Gasteiger partial charge in [0.1, 0.15) is 5.69 Å². The van der Waals surface area contributed by atoms with Crippen molar-refractivity contribution in [3.63, 3.8) is 0 Å². The number of aryl methyl sites for hydroxylation is 1. The summed E-state index contributed by atoms with van der Waals surface area (Å²) in [5.41, 5.74) is 1.47. The van der Waals surface area contributed by atoms with E-state index in [1.807, 2.05) is 0 Å². The Morgan fingerprint density at radius 1 is 1.29 bits per heavy atom. The van der Waals surface area contributed by atoms with Crippen LogP contribution in [-0.4, -0.2) is 22.9 Å². The number of nitro benzene ring substituents is 1. The van der Waals surface area contributed by atoms with E-state index in [0.717, 1.165) is 0 Å². The average molecular weight is 286 g/mol. The van der Waals surface area contributed by atoms with Crippen LogP contribution in [0.4, 0.5) is 17.1 Å². The predicted molar refractivity (Wildman–Crippen MR) is 79.6 cm³/mol. The average Bonchev–Trinajstić information content (AvgIpc) is 2.48. The van der Waals surface area contributed by atoms with Crippen molar-refractivity contribution in [3.8, 4) is 0 Å². The summed E-state index contributed by atoms with van der Waals surface area (Å²) in [4.78, 5) is 26.9. The minimum Gasteiger partial charge on any atom is -0.382 e. The third kappa shape index (κ3) is 2.97. The number of carbonyl (C=O) groups is 1. The van der Waals surface area contributed by atoms with Crippen LogP contribution >= 0.6 is 0 Å². The van der Waals surface area contributed by atoms with Gasteiger partial charge in [0.05, 0.1) is 21.9 Å². The summed E-state index contributed by atoms with van der Waals surface area (Å²) < 4.78 is 0. The molecule has 1 heterocycles. The van der Waals surface area contributed by atoms with Crippen molar-refractivity contribution >= 4 is 23.0 Å². The molecule has 0 aliphatic rings. The molecule has 7 nitrogen and oxygen atoms in total. The van der Waals surface area contributed by atoms with Gasteiger partial charge in [-0.2, -0.15) is 0 Å². The van der Waals surface area contributed by atoms with E-state index in [0.29, 0.717) is 11.4 Å². The van der Waals surface area contributed by atoms with E-state index in [2.05, 4.69) is 15.6 Å². The summed E-state index contributed by atoms with van der Waals surface area (Å²) in [6.07, 6.45) is 1.62. The Labute approximate surface area is 121 Å². The summed E-state index contributed by atoms with van der Waals surface area (Å²) in [6.45, 7) is 1.77. The maximum absolute atomic E-state index is 12.3. The van der Waals surface area contributed by atoms with Crippen molar-refractivity contribution in [2.24, 2.45) is 0 Å². The molecule has 0 bridgehead atoms. The van der Waals surface area contributed by atoms with Gasteiger partial charge in [0.2, 0.25) is 0 Å². The molecule has 1 aromatic carbocycles. The van der Waals surface area contributed by atoms with E-state index in [4.69, 9.17) is 0 Å². The van der Waals surface area contributed by atoms with Gasteiger partial charge >= 0.3 is 0 Å². The summed E-state index contributed by atoms with van der Waals surface area (Å²) in [5, 5.41) is 16.4. The highest BCUT2D eigenvalue weighted by molar-refractivity contribution is 6.09. The zero-order valence-electron chi connectivity index (χ0n) is 11.6. The molecule has 1 amide bonds. The first-order valence-electron chi connectivity index (χ1n) is 6.22. The number of nitrogens with zero attached hydrogens (tertiary/aromatic N) is 2. The van der Waals surface area contributed by atoms with Crippen LogP contribution in [-0.2, 0) is 0 Å². The SMILES string of the molecule is CNc1c(C(=O)Nc2cccnc2C)cccc1[N+](=O)[O-]. The Morgan fingerprint density at radius 3 is 2.67 bits per heavy atom. The fourth-order valence-electron chi connectivity index (χ4n) is 1.95. The monoisotopic (exact) mass is 286 g/mol. The largest absolute Gasteiger partial charge is 0.382 e. The van der Waals surface area contributed by atoms with E-state index in [1.54, 1.807) is 25.3 Å². The van der Waals surface area contributed by atoms with Crippen molar-refractivity contribution in [2.45, 2.75) is 6.92 Å². The van der Waals surface area contributed by atoms with Gasteiger partial charge in [-0.25, -0.2) is 0 Å². The molecule has 2 rings (SSSR count). The van der Waals surface area contributed by atoms with Crippen molar-refractivity contribution in [3.05, 3.63) is 57.9 Å².